The van der Waals surface area contributed by atoms with E-state index < -0.39 is 0 Å². The monoisotopic (exact) mass is 787 g/mol. The van der Waals surface area contributed by atoms with E-state index in [1.54, 1.807) is 0 Å². The number of benzene rings is 11. The highest BCUT2D eigenvalue weighted by Gasteiger charge is 2.30. The molecule has 1 heteroatoms. The van der Waals surface area contributed by atoms with Gasteiger partial charge in [0.25, 0.3) is 0 Å². The predicted octanol–water partition coefficient (Wildman–Crippen LogP) is 16.8. The average molecular weight is 788 g/mol. The Kier molecular flexibility index (Phi) is 8.64. The van der Waals surface area contributed by atoms with Crippen LogP contribution in [0.3, 0.4) is 0 Å². The van der Waals surface area contributed by atoms with Gasteiger partial charge in [-0.15, -0.1) is 0 Å². The van der Waals surface area contributed by atoms with Crippen molar-refractivity contribution in [3.8, 4) is 44.5 Å². The molecule has 0 saturated heterocycles. The third kappa shape index (κ3) is 6.01. The molecule has 0 spiro atoms. The van der Waals surface area contributed by atoms with E-state index in [4.69, 9.17) is 0 Å². The lowest BCUT2D eigenvalue weighted by Crippen LogP contribution is -2.12. The first-order chi connectivity index (χ1) is 30.8. The smallest absolute Gasteiger partial charge is 0.0546 e. The third-order valence-electron chi connectivity index (χ3n) is 12.9. The van der Waals surface area contributed by atoms with E-state index >= 15 is 0 Å². The summed E-state index contributed by atoms with van der Waals surface area (Å²) < 4.78 is 0. The molecular weight excluding hydrogens is 747 g/mol. The summed E-state index contributed by atoms with van der Waals surface area (Å²) >= 11 is 0. The zero-order valence-electron chi connectivity index (χ0n) is 34.1. The van der Waals surface area contributed by atoms with Gasteiger partial charge in [0.2, 0.25) is 0 Å². The molecule has 0 amide bonds. The average Bonchev–Trinajstić information content (AvgIpc) is 3.69. The molecular formula is C61H41N. The summed E-state index contributed by atoms with van der Waals surface area (Å²) in [4.78, 5) is 2.46. The van der Waals surface area contributed by atoms with E-state index in [-0.39, 0.29) is 5.92 Å². The highest BCUT2D eigenvalue weighted by molar-refractivity contribution is 6.16. The third-order valence-corrected chi connectivity index (χ3v) is 12.9. The van der Waals surface area contributed by atoms with Crippen molar-refractivity contribution in [2.75, 3.05) is 4.90 Å². The lowest BCUT2D eigenvalue weighted by atomic mass is 9.87. The first-order valence-corrected chi connectivity index (χ1v) is 21.5. The first kappa shape index (κ1) is 35.9. The van der Waals surface area contributed by atoms with E-state index in [9.17, 15) is 0 Å². The summed E-state index contributed by atoms with van der Waals surface area (Å²) in [6.07, 6.45) is 0. The van der Waals surface area contributed by atoms with Crippen LogP contribution < -0.4 is 4.90 Å². The Bertz CT molecular complexity index is 3410. The molecule has 0 radical (unpaired) electrons. The summed E-state index contributed by atoms with van der Waals surface area (Å²) in [5.41, 5.74) is 17.2. The van der Waals surface area contributed by atoms with Crippen molar-refractivity contribution in [2.24, 2.45) is 0 Å². The number of anilines is 3. The van der Waals surface area contributed by atoms with Crippen LogP contribution in [0.4, 0.5) is 17.1 Å². The van der Waals surface area contributed by atoms with Crippen LogP contribution >= 0.6 is 0 Å². The second kappa shape index (κ2) is 14.9. The lowest BCUT2D eigenvalue weighted by molar-refractivity contribution is 1.01. The van der Waals surface area contributed by atoms with Gasteiger partial charge in [-0.25, -0.2) is 0 Å². The molecule has 11 aromatic rings. The quantitative estimate of drug-likeness (QED) is 0.145. The Balaban J connectivity index is 1.10. The normalized spacial score (nSPS) is 12.1. The fraction of sp³-hybridized carbons (Fsp3) is 0.0164. The summed E-state index contributed by atoms with van der Waals surface area (Å²) in [7, 11) is 0. The number of nitrogens with zero attached hydrogens (tertiary/aromatic N) is 1. The summed E-state index contributed by atoms with van der Waals surface area (Å²) in [6.45, 7) is 0. The van der Waals surface area contributed by atoms with Crippen LogP contribution in [-0.4, -0.2) is 0 Å². The molecule has 0 bridgehead atoms. The fourth-order valence-corrected chi connectivity index (χ4v) is 10.1. The van der Waals surface area contributed by atoms with Crippen LogP contribution in [0.15, 0.2) is 243 Å². The highest BCUT2D eigenvalue weighted by atomic mass is 15.1. The minimum Gasteiger partial charge on any atom is -0.310 e. The van der Waals surface area contributed by atoms with E-state index in [0.717, 1.165) is 17.1 Å². The molecule has 290 valence electrons. The molecule has 0 N–H and O–H groups in total. The molecule has 0 aromatic heterocycles. The number of hydrogen-bond acceptors (Lipinski definition) is 1. The molecule has 11 aromatic carbocycles. The zero-order valence-corrected chi connectivity index (χ0v) is 34.1. The molecule has 12 rings (SSSR count). The van der Waals surface area contributed by atoms with Gasteiger partial charge in [-0.1, -0.05) is 200 Å². The van der Waals surface area contributed by atoms with Gasteiger partial charge in [-0.05, 0) is 130 Å². The van der Waals surface area contributed by atoms with E-state index in [2.05, 4.69) is 248 Å². The Morgan fingerprint density at radius 1 is 0.290 bits per heavy atom. The van der Waals surface area contributed by atoms with Crippen LogP contribution in [0.1, 0.15) is 22.6 Å². The van der Waals surface area contributed by atoms with Crippen molar-refractivity contribution in [1.29, 1.82) is 0 Å². The summed E-state index contributed by atoms with van der Waals surface area (Å²) in [5, 5.41) is 7.44. The number of fused-ring (bicyclic) bond motifs is 7. The van der Waals surface area contributed by atoms with Gasteiger partial charge in [0, 0.05) is 22.9 Å². The molecule has 0 saturated carbocycles. The maximum Gasteiger partial charge on any atom is 0.0546 e. The largest absolute Gasteiger partial charge is 0.310 e. The second-order valence-corrected chi connectivity index (χ2v) is 16.4. The van der Waals surface area contributed by atoms with E-state index in [0.29, 0.717) is 0 Å². The SMILES string of the molecule is c1ccc(-c2ccc(N(c3ccc(C4c5ccccc5-c5ccccc54)cc3)c3cccc(-c4cc5ccccc5c5ccccc45)c3-c3ccc4ccccc4c3)cc2)cc1. The van der Waals surface area contributed by atoms with Crippen LogP contribution in [0.25, 0.3) is 76.8 Å². The first-order valence-electron chi connectivity index (χ1n) is 21.5. The standard InChI is InChI=1S/C61H41N/c1-2-15-41(16-3-1)43-31-35-48(36-32-43)62(49-37-33-44(34-38-49)60-55-25-12-10-22-52(55)53-23-11-13-26-56(53)60)59-28-14-27-57(61(59)47-30-29-42-17-4-5-18-45(42)39-47)58-40-46-19-6-7-20-50(46)51-21-8-9-24-54(51)58/h1-40,60H. The minimum absolute atomic E-state index is 0.174. The molecule has 0 heterocycles. The van der Waals surface area contributed by atoms with Crippen molar-refractivity contribution in [2.45, 2.75) is 5.92 Å². The van der Waals surface area contributed by atoms with Crippen LogP contribution in [-0.2, 0) is 0 Å². The molecule has 1 aliphatic carbocycles. The van der Waals surface area contributed by atoms with Crippen molar-refractivity contribution in [1.82, 2.24) is 0 Å². The predicted molar refractivity (Wildman–Crippen MR) is 263 cm³/mol. The Morgan fingerprint density at radius 2 is 0.823 bits per heavy atom. The topological polar surface area (TPSA) is 3.24 Å². The maximum absolute atomic E-state index is 2.46. The van der Waals surface area contributed by atoms with E-state index in [1.807, 2.05) is 0 Å². The van der Waals surface area contributed by atoms with Gasteiger partial charge in [0.05, 0.1) is 5.69 Å². The summed E-state index contributed by atoms with van der Waals surface area (Å²) in [6, 6.07) is 89.4. The molecule has 1 aliphatic rings. The fourth-order valence-electron chi connectivity index (χ4n) is 10.1. The summed E-state index contributed by atoms with van der Waals surface area (Å²) in [5.74, 6) is 0.174. The van der Waals surface area contributed by atoms with Gasteiger partial charge < -0.3 is 4.90 Å². The van der Waals surface area contributed by atoms with Gasteiger partial charge in [0.15, 0.2) is 0 Å². The highest BCUT2D eigenvalue weighted by Crippen LogP contribution is 2.50. The number of hydrogen-bond donors (Lipinski definition) is 0. The molecule has 0 unspecified atom stereocenters. The van der Waals surface area contributed by atoms with Gasteiger partial charge >= 0.3 is 0 Å². The van der Waals surface area contributed by atoms with Crippen LogP contribution in [0.5, 0.6) is 0 Å². The van der Waals surface area contributed by atoms with Gasteiger partial charge in [-0.3, -0.25) is 0 Å². The molecule has 62 heavy (non-hydrogen) atoms. The molecule has 0 aliphatic heterocycles. The Morgan fingerprint density at radius 3 is 1.55 bits per heavy atom. The van der Waals surface area contributed by atoms with Crippen molar-refractivity contribution < 1.29 is 0 Å². The molecule has 0 atom stereocenters. The zero-order chi connectivity index (χ0) is 41.0. The maximum atomic E-state index is 2.46. The van der Waals surface area contributed by atoms with Crippen molar-refractivity contribution in [3.05, 3.63) is 259 Å². The van der Waals surface area contributed by atoms with Gasteiger partial charge in [0.1, 0.15) is 0 Å². The van der Waals surface area contributed by atoms with Gasteiger partial charge in [-0.2, -0.15) is 0 Å². The number of rotatable bonds is 7. The van der Waals surface area contributed by atoms with E-state index in [1.165, 1.54) is 93.5 Å². The molecule has 0 fully saturated rings. The molecule has 1 nitrogen and oxygen atoms in total. The van der Waals surface area contributed by atoms with Crippen molar-refractivity contribution >= 4 is 49.4 Å². The van der Waals surface area contributed by atoms with Crippen LogP contribution in [0.2, 0.25) is 0 Å². The Labute approximate surface area is 362 Å². The second-order valence-electron chi connectivity index (χ2n) is 16.4. The minimum atomic E-state index is 0.174. The lowest BCUT2D eigenvalue weighted by Gasteiger charge is -2.30. The van der Waals surface area contributed by atoms with Crippen LogP contribution in [0, 0.1) is 0 Å². The Hall–Kier alpha value is -8.00. The van der Waals surface area contributed by atoms with Crippen molar-refractivity contribution in [3.63, 3.8) is 0 Å².